The molecule has 10 heavy (non-hydrogen) atoms. The normalized spacial score (nSPS) is 9.70. The van der Waals surface area contributed by atoms with Crippen LogP contribution in [0.1, 0.15) is 0 Å². The number of aromatic nitrogens is 4. The van der Waals surface area contributed by atoms with E-state index in [1.807, 2.05) is 13.1 Å². The molecule has 0 saturated heterocycles. The summed E-state index contributed by atoms with van der Waals surface area (Å²) in [5.41, 5.74) is 0. The summed E-state index contributed by atoms with van der Waals surface area (Å²) in [6, 6.07) is 0. The second kappa shape index (κ2) is 3.36. The number of tetrazole rings is 1. The van der Waals surface area contributed by atoms with Crippen molar-refractivity contribution in [3.63, 3.8) is 0 Å². The topological polar surface area (TPSA) is 43.6 Å². The number of aryl methyl sites for hydroxylation is 1. The molecule has 0 radical (unpaired) electrons. The summed E-state index contributed by atoms with van der Waals surface area (Å²) >= 11 is 1.56. The lowest BCUT2D eigenvalue weighted by Gasteiger charge is -1.91. The Bertz CT molecular complexity index is 219. The number of thioether (sulfide) groups is 1. The van der Waals surface area contributed by atoms with Crippen LogP contribution in [0.2, 0.25) is 0 Å². The maximum Gasteiger partial charge on any atom is 0.209 e. The Morgan fingerprint density at radius 2 is 2.60 bits per heavy atom. The summed E-state index contributed by atoms with van der Waals surface area (Å²) in [5, 5.41) is 11.7. The molecule has 1 heterocycles. The van der Waals surface area contributed by atoms with Crippen molar-refractivity contribution in [1.29, 1.82) is 0 Å². The lowest BCUT2D eigenvalue weighted by Crippen LogP contribution is -1.92. The molecule has 0 spiro atoms. The Kier molecular flexibility index (Phi) is 2.44. The highest BCUT2D eigenvalue weighted by Crippen LogP contribution is 2.10. The van der Waals surface area contributed by atoms with E-state index in [2.05, 4.69) is 22.1 Å². The fourth-order valence-electron chi connectivity index (χ4n) is 0.477. The van der Waals surface area contributed by atoms with Crippen LogP contribution in [0.5, 0.6) is 0 Å². The van der Waals surface area contributed by atoms with Gasteiger partial charge in [-0.25, -0.2) is 4.68 Å². The highest BCUT2D eigenvalue weighted by molar-refractivity contribution is 7.99. The molecule has 0 bridgehead atoms. The minimum absolute atomic E-state index is 0.819. The average molecular weight is 156 g/mol. The summed E-state index contributed by atoms with van der Waals surface area (Å²) in [6.45, 7) is 3.59. The van der Waals surface area contributed by atoms with E-state index in [-0.39, 0.29) is 0 Å². The van der Waals surface area contributed by atoms with Gasteiger partial charge in [-0.3, -0.25) is 0 Å². The van der Waals surface area contributed by atoms with Crippen molar-refractivity contribution < 1.29 is 0 Å². The third-order valence-corrected chi connectivity index (χ3v) is 1.92. The Morgan fingerprint density at radius 3 is 3.10 bits per heavy atom. The predicted molar refractivity (Wildman–Crippen MR) is 39.7 cm³/mol. The van der Waals surface area contributed by atoms with Gasteiger partial charge in [0.15, 0.2) is 0 Å². The summed E-state index contributed by atoms with van der Waals surface area (Å²) < 4.78 is 1.63. The summed E-state index contributed by atoms with van der Waals surface area (Å²) in [7, 11) is 1.81. The van der Waals surface area contributed by atoms with Gasteiger partial charge >= 0.3 is 0 Å². The van der Waals surface area contributed by atoms with E-state index in [9.17, 15) is 0 Å². The largest absolute Gasteiger partial charge is 0.224 e. The second-order valence-corrected chi connectivity index (χ2v) is 2.67. The maximum atomic E-state index is 3.77. The van der Waals surface area contributed by atoms with Crippen LogP contribution in [0.25, 0.3) is 0 Å². The molecule has 1 aromatic rings. The molecule has 0 unspecified atom stereocenters. The second-order valence-electron chi connectivity index (χ2n) is 1.68. The first-order valence-electron chi connectivity index (χ1n) is 2.80. The molecule has 1 rings (SSSR count). The molecule has 0 saturated carbocycles. The minimum atomic E-state index is 0.819. The molecule has 0 atom stereocenters. The van der Waals surface area contributed by atoms with Crippen molar-refractivity contribution in [2.75, 3.05) is 5.75 Å². The zero-order valence-corrected chi connectivity index (χ0v) is 6.51. The van der Waals surface area contributed by atoms with Gasteiger partial charge in [-0.05, 0) is 10.4 Å². The van der Waals surface area contributed by atoms with Gasteiger partial charge in [-0.1, -0.05) is 17.8 Å². The van der Waals surface area contributed by atoms with E-state index < -0.39 is 0 Å². The van der Waals surface area contributed by atoms with Crippen LogP contribution in [0, 0.1) is 0 Å². The lowest BCUT2D eigenvalue weighted by molar-refractivity contribution is 0.665. The van der Waals surface area contributed by atoms with Crippen molar-refractivity contribution in [3.05, 3.63) is 12.7 Å². The van der Waals surface area contributed by atoms with E-state index in [1.54, 1.807) is 16.4 Å². The van der Waals surface area contributed by atoms with Gasteiger partial charge in [-0.2, -0.15) is 0 Å². The monoisotopic (exact) mass is 156 g/mol. The Labute approximate surface area is 63.3 Å². The minimum Gasteiger partial charge on any atom is -0.224 e. The zero-order valence-electron chi connectivity index (χ0n) is 5.69. The lowest BCUT2D eigenvalue weighted by atomic mass is 10.8. The molecule has 0 aliphatic rings. The predicted octanol–water partition coefficient (Wildman–Crippen LogP) is 0.488. The fraction of sp³-hybridized carbons (Fsp3) is 0.400. The first-order valence-corrected chi connectivity index (χ1v) is 3.79. The Morgan fingerprint density at radius 1 is 1.80 bits per heavy atom. The van der Waals surface area contributed by atoms with Crippen LogP contribution in [-0.2, 0) is 7.05 Å². The SMILES string of the molecule is C=CCSc1nnnn1C. The highest BCUT2D eigenvalue weighted by Gasteiger charge is 1.98. The van der Waals surface area contributed by atoms with E-state index in [0.717, 1.165) is 10.9 Å². The van der Waals surface area contributed by atoms with Crippen molar-refractivity contribution >= 4 is 11.8 Å². The van der Waals surface area contributed by atoms with Gasteiger partial charge in [-0.15, -0.1) is 11.7 Å². The van der Waals surface area contributed by atoms with Crippen molar-refractivity contribution in [2.45, 2.75) is 5.16 Å². The molecule has 0 fully saturated rings. The number of hydrogen-bond donors (Lipinski definition) is 0. The van der Waals surface area contributed by atoms with Gasteiger partial charge in [0.05, 0.1) is 0 Å². The third kappa shape index (κ3) is 1.57. The molecule has 0 aliphatic carbocycles. The summed E-state index contributed by atoms with van der Waals surface area (Å²) in [5.74, 6) is 0.841. The van der Waals surface area contributed by atoms with E-state index in [1.165, 1.54) is 0 Å². The first kappa shape index (κ1) is 7.27. The smallest absolute Gasteiger partial charge is 0.209 e. The third-order valence-electron chi connectivity index (χ3n) is 0.912. The first-order chi connectivity index (χ1) is 4.84. The van der Waals surface area contributed by atoms with Crippen LogP contribution in [0.3, 0.4) is 0 Å². The van der Waals surface area contributed by atoms with Gasteiger partial charge in [0.25, 0.3) is 0 Å². The van der Waals surface area contributed by atoms with E-state index in [4.69, 9.17) is 0 Å². The molecule has 54 valence electrons. The zero-order chi connectivity index (χ0) is 7.40. The molecule has 0 amide bonds. The molecule has 0 aromatic carbocycles. The van der Waals surface area contributed by atoms with Gasteiger partial charge in [0.1, 0.15) is 0 Å². The van der Waals surface area contributed by atoms with Gasteiger partial charge in [0, 0.05) is 12.8 Å². The molecule has 4 nitrogen and oxygen atoms in total. The summed E-state index contributed by atoms with van der Waals surface area (Å²) in [4.78, 5) is 0. The maximum absolute atomic E-state index is 3.77. The summed E-state index contributed by atoms with van der Waals surface area (Å²) in [6.07, 6.45) is 1.82. The highest BCUT2D eigenvalue weighted by atomic mass is 32.2. The number of hydrogen-bond acceptors (Lipinski definition) is 4. The molecule has 1 aromatic heterocycles. The Balaban J connectivity index is 2.56. The van der Waals surface area contributed by atoms with Crippen molar-refractivity contribution in [1.82, 2.24) is 20.2 Å². The van der Waals surface area contributed by atoms with Crippen molar-refractivity contribution in [3.8, 4) is 0 Å². The molecular weight excluding hydrogens is 148 g/mol. The molecular formula is C5H8N4S. The van der Waals surface area contributed by atoms with Crippen molar-refractivity contribution in [2.24, 2.45) is 7.05 Å². The Hall–Kier alpha value is -0.840. The average Bonchev–Trinajstić information content (AvgIpc) is 2.31. The quantitative estimate of drug-likeness (QED) is 0.472. The van der Waals surface area contributed by atoms with Crippen LogP contribution in [0.15, 0.2) is 17.8 Å². The van der Waals surface area contributed by atoms with Crippen LogP contribution < -0.4 is 0 Å². The standard InChI is InChI=1S/C5H8N4S/c1-3-4-10-5-6-7-8-9(5)2/h3H,1,4H2,2H3. The fourth-order valence-corrected chi connectivity index (χ4v) is 1.06. The van der Waals surface area contributed by atoms with Crippen LogP contribution in [0.4, 0.5) is 0 Å². The van der Waals surface area contributed by atoms with Crippen LogP contribution >= 0.6 is 11.8 Å². The number of rotatable bonds is 3. The van der Waals surface area contributed by atoms with Crippen LogP contribution in [-0.4, -0.2) is 26.0 Å². The van der Waals surface area contributed by atoms with E-state index >= 15 is 0 Å². The molecule has 0 aliphatic heterocycles. The van der Waals surface area contributed by atoms with Gasteiger partial charge in [0.2, 0.25) is 5.16 Å². The van der Waals surface area contributed by atoms with Gasteiger partial charge < -0.3 is 0 Å². The molecule has 0 N–H and O–H groups in total. The molecule has 5 heteroatoms. The number of nitrogens with zero attached hydrogens (tertiary/aromatic N) is 4. The van der Waals surface area contributed by atoms with E-state index in [0.29, 0.717) is 0 Å².